The number of carbonyl (C=O) groups excluding carboxylic acids is 1. The molecule has 3 aromatic carbocycles. The number of furan rings is 1. The number of rotatable bonds is 11. The predicted molar refractivity (Wildman–Crippen MR) is 232 cm³/mol. The van der Waals surface area contributed by atoms with Crippen molar-refractivity contribution in [3.05, 3.63) is 101 Å². The maximum Gasteiger partial charge on any atom is 0.219 e. The third-order valence-electron chi connectivity index (χ3n) is 11.6. The van der Waals surface area contributed by atoms with Gasteiger partial charge in [-0.15, -0.1) is 40.5 Å². The van der Waals surface area contributed by atoms with E-state index in [0.717, 1.165) is 65.5 Å². The average molecular weight is 935 g/mol. The van der Waals surface area contributed by atoms with Gasteiger partial charge in [0.2, 0.25) is 5.71 Å². The fourth-order valence-corrected chi connectivity index (χ4v) is 8.26. The predicted octanol–water partition coefficient (Wildman–Crippen LogP) is 14.8. The van der Waals surface area contributed by atoms with E-state index in [2.05, 4.69) is 107 Å². The second-order valence-corrected chi connectivity index (χ2v) is 18.2. The summed E-state index contributed by atoms with van der Waals surface area (Å²) in [6.45, 7) is 25.4. The van der Waals surface area contributed by atoms with E-state index in [-0.39, 0.29) is 47.9 Å². The number of aryl methyl sites for hydroxylation is 1. The monoisotopic (exact) mass is 935 g/mol. The van der Waals surface area contributed by atoms with Crippen molar-refractivity contribution in [3.63, 3.8) is 0 Å². The van der Waals surface area contributed by atoms with Crippen LogP contribution < -0.4 is 0 Å². The van der Waals surface area contributed by atoms with Gasteiger partial charge < -0.3 is 9.52 Å². The summed E-state index contributed by atoms with van der Waals surface area (Å²) in [6.07, 6.45) is 5.87. The number of allylic oxidation sites excluding steroid dienone is 2. The molecule has 0 spiro atoms. The first-order chi connectivity index (χ1) is 25.4. The van der Waals surface area contributed by atoms with Gasteiger partial charge in [-0.3, -0.25) is 9.78 Å². The van der Waals surface area contributed by atoms with Crippen molar-refractivity contribution in [3.8, 4) is 22.4 Å². The van der Waals surface area contributed by atoms with Crippen molar-refractivity contribution in [1.82, 2.24) is 4.98 Å². The topological polar surface area (TPSA) is 63.3 Å². The second-order valence-electron chi connectivity index (χ2n) is 17.0. The molecule has 55 heavy (non-hydrogen) atoms. The van der Waals surface area contributed by atoms with Gasteiger partial charge in [0.05, 0.1) is 0 Å². The molecule has 295 valence electrons. The number of benzene rings is 3. The molecule has 6 rings (SSSR count). The van der Waals surface area contributed by atoms with Crippen LogP contribution in [0.4, 0.5) is 0 Å². The number of hydrogen-bond donors (Lipinski definition) is 1. The van der Waals surface area contributed by atoms with Crippen LogP contribution in [0.2, 0.25) is 0 Å². The number of nitrogens with zero attached hydrogens (tertiary/aromatic N) is 1. The Morgan fingerprint density at radius 3 is 2.15 bits per heavy atom. The maximum absolute atomic E-state index is 12.2. The van der Waals surface area contributed by atoms with Crippen molar-refractivity contribution in [2.75, 3.05) is 0 Å². The number of thiophene rings is 1. The van der Waals surface area contributed by atoms with Crippen molar-refractivity contribution in [2.24, 2.45) is 16.7 Å². The van der Waals surface area contributed by atoms with E-state index in [1.807, 2.05) is 59.8 Å². The Hall–Kier alpha value is -3.57. The van der Waals surface area contributed by atoms with Gasteiger partial charge in [0.15, 0.2) is 5.78 Å². The van der Waals surface area contributed by atoms with E-state index in [4.69, 9.17) is 9.40 Å². The van der Waals surface area contributed by atoms with Gasteiger partial charge in [0, 0.05) is 57.7 Å². The van der Waals surface area contributed by atoms with Crippen molar-refractivity contribution in [2.45, 2.75) is 121 Å². The zero-order valence-electron chi connectivity index (χ0n) is 35.0. The molecule has 0 aliphatic rings. The van der Waals surface area contributed by atoms with Gasteiger partial charge in [0.25, 0.3) is 0 Å². The van der Waals surface area contributed by atoms with Gasteiger partial charge in [-0.1, -0.05) is 124 Å². The minimum atomic E-state index is -0.337. The molecule has 1 radical (unpaired) electrons. The Morgan fingerprint density at radius 2 is 1.53 bits per heavy atom. The standard InChI is InChI=1S/C34H32NOS.C15H28O2.Ir/c1-20(2)13-26-16-24-12-11-23(18-32(24)37-26)28-19-31(35-33-29(28)14-21(3)36-33)25-15-22-9-7-8-10-27(22)30(17-25)34(4,5)6;1-7-14(5,8-2)12(16)11-13(17)15(6,9-3)10-4;/h7-12,14,16-20H,13H2,1-6H3;11,16H,7-10H2,1-6H3;/q-1;;/b;12-11-;. The molecular weight excluding hydrogens is 875 g/mol. The molecule has 1 N–H and O–H groups in total. The second kappa shape index (κ2) is 17.7. The van der Waals surface area contributed by atoms with Crippen LogP contribution in [-0.2, 0) is 36.7 Å². The number of pyridine rings is 1. The first kappa shape index (κ1) is 44.1. The molecule has 0 aliphatic heterocycles. The third kappa shape index (κ3) is 9.70. The van der Waals surface area contributed by atoms with Gasteiger partial charge in [-0.2, -0.15) is 0 Å². The number of hydrogen-bond acceptors (Lipinski definition) is 5. The van der Waals surface area contributed by atoms with Crippen LogP contribution in [-0.4, -0.2) is 15.9 Å². The van der Waals surface area contributed by atoms with E-state index >= 15 is 0 Å². The van der Waals surface area contributed by atoms with Crippen LogP contribution in [0.3, 0.4) is 0 Å². The van der Waals surface area contributed by atoms with Crippen LogP contribution >= 0.6 is 11.3 Å². The summed E-state index contributed by atoms with van der Waals surface area (Å²) in [5, 5.41) is 14.9. The third-order valence-corrected chi connectivity index (χ3v) is 12.7. The van der Waals surface area contributed by atoms with Crippen molar-refractivity contribution >= 4 is 49.1 Å². The molecule has 0 saturated heterocycles. The minimum absolute atomic E-state index is 0. The van der Waals surface area contributed by atoms with Gasteiger partial charge >= 0.3 is 0 Å². The fraction of sp³-hybridized carbons (Fsp3) is 0.429. The van der Waals surface area contributed by atoms with Gasteiger partial charge in [0.1, 0.15) is 11.5 Å². The van der Waals surface area contributed by atoms with Gasteiger partial charge in [-0.25, -0.2) is 0 Å². The fourth-order valence-electron chi connectivity index (χ4n) is 6.94. The first-order valence-corrected chi connectivity index (χ1v) is 20.6. The smallest absolute Gasteiger partial charge is 0.219 e. The molecule has 3 aromatic heterocycles. The number of aliphatic hydroxyl groups excluding tert-OH is 1. The maximum atomic E-state index is 12.2. The quantitative estimate of drug-likeness (QED) is 0.0799. The zero-order chi connectivity index (χ0) is 39.6. The van der Waals surface area contributed by atoms with Crippen LogP contribution in [0.25, 0.3) is 54.3 Å². The normalized spacial score (nSPS) is 12.6. The molecule has 4 nitrogen and oxygen atoms in total. The summed E-state index contributed by atoms with van der Waals surface area (Å²) in [6, 6.07) is 27.9. The van der Waals surface area contributed by atoms with Crippen LogP contribution in [0.5, 0.6) is 0 Å². The summed E-state index contributed by atoms with van der Waals surface area (Å²) in [4.78, 5) is 18.6. The van der Waals surface area contributed by atoms with Crippen LogP contribution in [0, 0.1) is 29.7 Å². The van der Waals surface area contributed by atoms with E-state index < -0.39 is 0 Å². The SMILES string of the molecule is CCC(C)(CC)C(=O)/C=C(\O)C(C)(CC)CC.Cc1cc2c(-c3ccc4cc(CC(C)C)sc4c3)cc(-c3[c-]c4ccccc4c(C(C)(C)C)c3)nc2o1.[Ir]. The van der Waals surface area contributed by atoms with E-state index in [0.29, 0.717) is 11.6 Å². The molecule has 0 fully saturated rings. The first-order valence-electron chi connectivity index (χ1n) is 19.8. The number of aliphatic hydroxyl groups is 1. The molecule has 0 saturated carbocycles. The molecule has 0 atom stereocenters. The summed E-state index contributed by atoms with van der Waals surface area (Å²) in [5.41, 5.74) is 5.60. The van der Waals surface area contributed by atoms with Crippen molar-refractivity contribution in [1.29, 1.82) is 0 Å². The Morgan fingerprint density at radius 1 is 0.873 bits per heavy atom. The van der Waals surface area contributed by atoms with Crippen molar-refractivity contribution < 1.29 is 34.4 Å². The largest absolute Gasteiger partial charge is 0.512 e. The van der Waals surface area contributed by atoms with E-state index in [1.165, 1.54) is 37.6 Å². The van der Waals surface area contributed by atoms with E-state index in [9.17, 15) is 9.90 Å². The number of carbonyl (C=O) groups is 1. The Balaban J connectivity index is 0.000000320. The van der Waals surface area contributed by atoms with Crippen LogP contribution in [0.15, 0.2) is 83.0 Å². The molecule has 6 aromatic rings. The van der Waals surface area contributed by atoms with E-state index in [1.54, 1.807) is 0 Å². The minimum Gasteiger partial charge on any atom is -0.512 e. The molecule has 0 unspecified atom stereocenters. The number of aromatic nitrogens is 1. The molecule has 6 heteroatoms. The summed E-state index contributed by atoms with van der Waals surface area (Å²) in [5.74, 6) is 1.81. The molecular formula is C49H60IrNO3S-. The number of ketones is 1. The summed E-state index contributed by atoms with van der Waals surface area (Å²) in [7, 11) is 0. The molecule has 3 heterocycles. The molecule has 0 aliphatic carbocycles. The van der Waals surface area contributed by atoms with Gasteiger partial charge in [-0.05, 0) is 85.1 Å². The van der Waals surface area contributed by atoms with Crippen LogP contribution in [0.1, 0.15) is 118 Å². The number of fused-ring (bicyclic) bond motifs is 3. The Kier molecular flexibility index (Phi) is 14.2. The summed E-state index contributed by atoms with van der Waals surface area (Å²) >= 11 is 1.91. The Labute approximate surface area is 347 Å². The molecule has 0 bridgehead atoms. The average Bonchev–Trinajstić information content (AvgIpc) is 3.73. The summed E-state index contributed by atoms with van der Waals surface area (Å²) < 4.78 is 7.42. The Bertz CT molecular complexity index is 2290. The molecule has 0 amide bonds. The zero-order valence-corrected chi connectivity index (χ0v) is 38.2.